The number of hydrogen-bond acceptors (Lipinski definition) is 3. The van der Waals surface area contributed by atoms with Gasteiger partial charge < -0.3 is 10.4 Å². The van der Waals surface area contributed by atoms with E-state index in [0.29, 0.717) is 16.9 Å². The van der Waals surface area contributed by atoms with Crippen LogP contribution in [0.5, 0.6) is 0 Å². The lowest BCUT2D eigenvalue weighted by molar-refractivity contribution is -0.131. The molecule has 2 aromatic rings. The van der Waals surface area contributed by atoms with Crippen molar-refractivity contribution in [3.8, 4) is 0 Å². The number of nitrogens with zero attached hydrogens (tertiary/aromatic N) is 1. The Balaban J connectivity index is 2.22. The third-order valence-corrected chi connectivity index (χ3v) is 2.85. The van der Waals surface area contributed by atoms with Crippen LogP contribution >= 0.6 is 0 Å². The minimum atomic E-state index is -1.03. The Morgan fingerprint density at radius 2 is 2.05 bits per heavy atom. The van der Waals surface area contributed by atoms with Crippen molar-refractivity contribution in [2.75, 3.05) is 5.32 Å². The number of nitrogens with one attached hydrogen (secondary N) is 1. The Hall–Kier alpha value is -2.95. The van der Waals surface area contributed by atoms with Gasteiger partial charge in [0.15, 0.2) is 0 Å². The number of amides is 1. The van der Waals surface area contributed by atoms with E-state index in [1.54, 1.807) is 42.6 Å². The van der Waals surface area contributed by atoms with E-state index in [1.807, 2.05) is 6.92 Å². The van der Waals surface area contributed by atoms with Crippen LogP contribution in [0.15, 0.2) is 48.7 Å². The van der Waals surface area contributed by atoms with Crippen LogP contribution in [0.4, 0.5) is 5.82 Å². The molecule has 2 N–H and O–H groups in total. The maximum Gasteiger partial charge on any atom is 0.328 e. The zero-order chi connectivity index (χ0) is 15.2. The summed E-state index contributed by atoms with van der Waals surface area (Å²) >= 11 is 0. The van der Waals surface area contributed by atoms with Gasteiger partial charge in [-0.05, 0) is 48.4 Å². The molecule has 5 heteroatoms. The van der Waals surface area contributed by atoms with Gasteiger partial charge >= 0.3 is 5.97 Å². The highest BCUT2D eigenvalue weighted by Gasteiger charge is 2.08. The highest BCUT2D eigenvalue weighted by molar-refractivity contribution is 6.04. The summed E-state index contributed by atoms with van der Waals surface area (Å²) in [7, 11) is 0. The van der Waals surface area contributed by atoms with Crippen molar-refractivity contribution < 1.29 is 14.7 Å². The van der Waals surface area contributed by atoms with E-state index in [-0.39, 0.29) is 5.91 Å². The molecule has 21 heavy (non-hydrogen) atoms. The van der Waals surface area contributed by atoms with Crippen molar-refractivity contribution in [2.45, 2.75) is 6.92 Å². The summed E-state index contributed by atoms with van der Waals surface area (Å²) in [4.78, 5) is 26.7. The van der Waals surface area contributed by atoms with Gasteiger partial charge in [-0.25, -0.2) is 9.78 Å². The predicted octanol–water partition coefficient (Wildman–Crippen LogP) is 2.74. The molecule has 0 saturated heterocycles. The number of carbonyl (C=O) groups excluding carboxylic acids is 1. The van der Waals surface area contributed by atoms with Gasteiger partial charge in [0.1, 0.15) is 5.82 Å². The number of aryl methyl sites for hydroxylation is 1. The van der Waals surface area contributed by atoms with E-state index < -0.39 is 5.97 Å². The highest BCUT2D eigenvalue weighted by atomic mass is 16.4. The summed E-state index contributed by atoms with van der Waals surface area (Å²) in [6.07, 6.45) is 4.10. The topological polar surface area (TPSA) is 79.3 Å². The average Bonchev–Trinajstić information content (AvgIpc) is 2.47. The van der Waals surface area contributed by atoms with Crippen LogP contribution in [-0.2, 0) is 4.79 Å². The molecule has 0 atom stereocenters. The minimum absolute atomic E-state index is 0.293. The standard InChI is InChI=1S/C16H14N2O3/c1-11-5-6-13(10-12(11)7-8-15(19)20)16(21)18-14-4-2-3-9-17-14/h2-10H,1H3,(H,19,20)(H,17,18,21)/b8-7+. The molecule has 2 rings (SSSR count). The normalized spacial score (nSPS) is 10.5. The van der Waals surface area contributed by atoms with E-state index in [0.717, 1.165) is 11.6 Å². The minimum Gasteiger partial charge on any atom is -0.478 e. The fourth-order valence-electron chi connectivity index (χ4n) is 1.75. The number of pyridine rings is 1. The first-order valence-electron chi connectivity index (χ1n) is 6.30. The van der Waals surface area contributed by atoms with Crippen LogP contribution < -0.4 is 5.32 Å². The first-order chi connectivity index (χ1) is 10.1. The number of anilines is 1. The summed E-state index contributed by atoms with van der Waals surface area (Å²) in [5, 5.41) is 11.3. The number of carboxylic acid groups (broad SMARTS) is 1. The lowest BCUT2D eigenvalue weighted by Crippen LogP contribution is -2.13. The quantitative estimate of drug-likeness (QED) is 0.845. The molecule has 0 saturated carbocycles. The second-order valence-corrected chi connectivity index (χ2v) is 4.41. The fourth-order valence-corrected chi connectivity index (χ4v) is 1.75. The van der Waals surface area contributed by atoms with Gasteiger partial charge in [-0.2, -0.15) is 0 Å². The Morgan fingerprint density at radius 1 is 1.24 bits per heavy atom. The summed E-state index contributed by atoms with van der Waals surface area (Å²) < 4.78 is 0. The van der Waals surface area contributed by atoms with Crippen molar-refractivity contribution in [3.05, 3.63) is 65.4 Å². The van der Waals surface area contributed by atoms with Crippen LogP contribution in [0.2, 0.25) is 0 Å². The largest absolute Gasteiger partial charge is 0.478 e. The molecule has 1 heterocycles. The summed E-state index contributed by atoms with van der Waals surface area (Å²) in [5.41, 5.74) is 2.02. The van der Waals surface area contributed by atoms with Crippen molar-refractivity contribution in [2.24, 2.45) is 0 Å². The van der Waals surface area contributed by atoms with E-state index in [1.165, 1.54) is 6.08 Å². The summed E-state index contributed by atoms with van der Waals surface area (Å²) in [6.45, 7) is 1.85. The SMILES string of the molecule is Cc1ccc(C(=O)Nc2ccccn2)cc1/C=C/C(=O)O. The van der Waals surface area contributed by atoms with Crippen LogP contribution in [0.25, 0.3) is 6.08 Å². The molecule has 1 amide bonds. The van der Waals surface area contributed by atoms with E-state index in [2.05, 4.69) is 10.3 Å². The maximum atomic E-state index is 12.1. The zero-order valence-corrected chi connectivity index (χ0v) is 11.4. The van der Waals surface area contributed by atoms with Gasteiger partial charge in [-0.3, -0.25) is 4.79 Å². The van der Waals surface area contributed by atoms with Crippen LogP contribution in [0.1, 0.15) is 21.5 Å². The van der Waals surface area contributed by atoms with Gasteiger partial charge in [-0.15, -0.1) is 0 Å². The zero-order valence-electron chi connectivity index (χ0n) is 11.4. The van der Waals surface area contributed by atoms with Crippen LogP contribution in [0.3, 0.4) is 0 Å². The molecule has 0 aliphatic carbocycles. The Bertz CT molecular complexity index is 694. The number of aromatic nitrogens is 1. The van der Waals surface area contributed by atoms with Gasteiger partial charge in [0.05, 0.1) is 0 Å². The molecule has 0 radical (unpaired) electrons. The molecule has 0 bridgehead atoms. The first kappa shape index (κ1) is 14.5. The smallest absolute Gasteiger partial charge is 0.328 e. The van der Waals surface area contributed by atoms with Gasteiger partial charge in [-0.1, -0.05) is 12.1 Å². The van der Waals surface area contributed by atoms with Gasteiger partial charge in [0.2, 0.25) is 0 Å². The number of hydrogen-bond donors (Lipinski definition) is 2. The second-order valence-electron chi connectivity index (χ2n) is 4.41. The molecule has 0 spiro atoms. The highest BCUT2D eigenvalue weighted by Crippen LogP contribution is 2.14. The Labute approximate surface area is 122 Å². The van der Waals surface area contributed by atoms with Crippen molar-refractivity contribution in [3.63, 3.8) is 0 Å². The van der Waals surface area contributed by atoms with Gasteiger partial charge in [0.25, 0.3) is 5.91 Å². The molecule has 0 unspecified atom stereocenters. The molecule has 1 aromatic carbocycles. The fraction of sp³-hybridized carbons (Fsp3) is 0.0625. The van der Waals surface area contributed by atoms with E-state index in [4.69, 9.17) is 5.11 Å². The number of carboxylic acids is 1. The molecular formula is C16H14N2O3. The van der Waals surface area contributed by atoms with Crippen molar-refractivity contribution >= 4 is 23.8 Å². The summed E-state index contributed by atoms with van der Waals surface area (Å²) in [6, 6.07) is 10.3. The Morgan fingerprint density at radius 3 is 2.71 bits per heavy atom. The second kappa shape index (κ2) is 6.47. The van der Waals surface area contributed by atoms with E-state index >= 15 is 0 Å². The average molecular weight is 282 g/mol. The van der Waals surface area contributed by atoms with E-state index in [9.17, 15) is 9.59 Å². The molecule has 0 fully saturated rings. The predicted molar refractivity (Wildman–Crippen MR) is 80.0 cm³/mol. The molecule has 5 nitrogen and oxygen atoms in total. The number of rotatable bonds is 4. The number of benzene rings is 1. The third-order valence-electron chi connectivity index (χ3n) is 2.85. The molecule has 0 aliphatic rings. The first-order valence-corrected chi connectivity index (χ1v) is 6.30. The molecule has 106 valence electrons. The monoisotopic (exact) mass is 282 g/mol. The third kappa shape index (κ3) is 4.01. The number of carbonyl (C=O) groups is 2. The maximum absolute atomic E-state index is 12.1. The lowest BCUT2D eigenvalue weighted by Gasteiger charge is -2.06. The molecule has 1 aromatic heterocycles. The van der Waals surface area contributed by atoms with Crippen molar-refractivity contribution in [1.82, 2.24) is 4.98 Å². The van der Waals surface area contributed by atoms with Gasteiger partial charge in [0, 0.05) is 17.8 Å². The summed E-state index contributed by atoms with van der Waals surface area (Å²) in [5.74, 6) is -0.859. The van der Waals surface area contributed by atoms with Crippen LogP contribution in [-0.4, -0.2) is 22.0 Å². The lowest BCUT2D eigenvalue weighted by atomic mass is 10.0. The Kier molecular flexibility index (Phi) is 4.46. The van der Waals surface area contributed by atoms with Crippen LogP contribution in [0, 0.1) is 6.92 Å². The number of aliphatic carboxylic acids is 1. The molecule has 0 aliphatic heterocycles. The molecular weight excluding hydrogens is 268 g/mol. The van der Waals surface area contributed by atoms with Crippen molar-refractivity contribution in [1.29, 1.82) is 0 Å².